The van der Waals surface area contributed by atoms with Gasteiger partial charge in [0.15, 0.2) is 11.5 Å². The molecule has 0 unspecified atom stereocenters. The largest absolute Gasteiger partial charge is 0.493 e. The van der Waals surface area contributed by atoms with E-state index in [1.807, 2.05) is 37.4 Å². The summed E-state index contributed by atoms with van der Waals surface area (Å²) < 4.78 is 11.4. The summed E-state index contributed by atoms with van der Waals surface area (Å²) in [4.78, 5) is 6.92. The first-order valence-electron chi connectivity index (χ1n) is 10.6. The molecule has 0 aromatic heterocycles. The number of nitrogens with zero attached hydrogens (tertiary/aromatic N) is 3. The lowest BCUT2D eigenvalue weighted by Gasteiger charge is -2.32. The fraction of sp³-hybridized carbons (Fsp3) is 0.500. The van der Waals surface area contributed by atoms with Crippen molar-refractivity contribution in [1.29, 1.82) is 0 Å². The average Bonchev–Trinajstić information content (AvgIpc) is 2.74. The molecule has 30 heavy (non-hydrogen) atoms. The number of piperazine rings is 1. The molecular formula is C24H35N3O3. The molecule has 0 amide bonds. The van der Waals surface area contributed by atoms with Crippen LogP contribution in [-0.4, -0.2) is 86.4 Å². The summed E-state index contributed by atoms with van der Waals surface area (Å²) in [6, 6.07) is 16.3. The standard InChI is InChI=1S/C24H35N3O3/c1-25-11-13-27(14-12-25)17-21-9-10-23(29-3)24(15-21)30-19-22(28)18-26(2)16-20-7-5-4-6-8-20/h4-10,15,22,28H,11-14,16-19H2,1-3H3/t22-/m0/s1. The molecular weight excluding hydrogens is 378 g/mol. The van der Waals surface area contributed by atoms with E-state index in [9.17, 15) is 5.11 Å². The van der Waals surface area contributed by atoms with E-state index in [0.717, 1.165) is 39.3 Å². The Kier molecular flexibility index (Phi) is 8.51. The minimum Gasteiger partial charge on any atom is -0.493 e. The summed E-state index contributed by atoms with van der Waals surface area (Å²) in [6.45, 7) is 6.81. The highest BCUT2D eigenvalue weighted by Gasteiger charge is 2.16. The Hall–Kier alpha value is -2.12. The zero-order valence-electron chi connectivity index (χ0n) is 18.5. The molecule has 1 saturated heterocycles. The van der Waals surface area contributed by atoms with Crippen LogP contribution in [0.25, 0.3) is 0 Å². The second kappa shape index (κ2) is 11.3. The molecule has 1 aliphatic rings. The highest BCUT2D eigenvalue weighted by molar-refractivity contribution is 5.43. The molecule has 1 atom stereocenters. The van der Waals surface area contributed by atoms with Crippen molar-refractivity contribution in [3.05, 3.63) is 59.7 Å². The summed E-state index contributed by atoms with van der Waals surface area (Å²) in [5.74, 6) is 1.39. The van der Waals surface area contributed by atoms with E-state index in [0.29, 0.717) is 18.0 Å². The fourth-order valence-electron chi connectivity index (χ4n) is 3.75. The predicted octanol–water partition coefficient (Wildman–Crippen LogP) is 2.31. The third kappa shape index (κ3) is 6.99. The number of hydrogen-bond donors (Lipinski definition) is 1. The molecule has 2 aromatic rings. The Morgan fingerprint density at radius 3 is 2.43 bits per heavy atom. The van der Waals surface area contributed by atoms with Gasteiger partial charge >= 0.3 is 0 Å². The molecule has 2 aromatic carbocycles. The first kappa shape index (κ1) is 22.6. The van der Waals surface area contributed by atoms with Crippen LogP contribution in [0.4, 0.5) is 0 Å². The van der Waals surface area contributed by atoms with Crippen LogP contribution >= 0.6 is 0 Å². The maximum Gasteiger partial charge on any atom is 0.161 e. The van der Waals surface area contributed by atoms with Gasteiger partial charge in [0.1, 0.15) is 12.7 Å². The summed E-state index contributed by atoms with van der Waals surface area (Å²) in [6.07, 6.45) is -0.579. The number of hydrogen-bond acceptors (Lipinski definition) is 6. The van der Waals surface area contributed by atoms with Crippen molar-refractivity contribution in [2.75, 3.05) is 60.5 Å². The number of likely N-dealkylation sites (N-methyl/N-ethyl adjacent to an activating group) is 2. The second-order valence-electron chi connectivity index (χ2n) is 8.21. The molecule has 164 valence electrons. The minimum absolute atomic E-state index is 0.230. The Morgan fingerprint density at radius 1 is 1.00 bits per heavy atom. The van der Waals surface area contributed by atoms with E-state index in [1.165, 1.54) is 11.1 Å². The van der Waals surface area contributed by atoms with E-state index in [4.69, 9.17) is 9.47 Å². The first-order valence-corrected chi connectivity index (χ1v) is 10.6. The van der Waals surface area contributed by atoms with Gasteiger partial charge in [-0.2, -0.15) is 0 Å². The number of methoxy groups -OCH3 is 1. The maximum absolute atomic E-state index is 10.5. The molecule has 0 aliphatic carbocycles. The van der Waals surface area contributed by atoms with E-state index in [1.54, 1.807) is 7.11 Å². The molecule has 1 heterocycles. The molecule has 0 bridgehead atoms. The molecule has 0 spiro atoms. The van der Waals surface area contributed by atoms with Gasteiger partial charge in [0.2, 0.25) is 0 Å². The SMILES string of the molecule is COc1ccc(CN2CCN(C)CC2)cc1OC[C@@H](O)CN(C)Cc1ccccc1. The van der Waals surface area contributed by atoms with Crippen molar-refractivity contribution in [1.82, 2.24) is 14.7 Å². The lowest BCUT2D eigenvalue weighted by molar-refractivity contribution is 0.0732. The topological polar surface area (TPSA) is 48.4 Å². The Labute approximate surface area is 180 Å². The lowest BCUT2D eigenvalue weighted by atomic mass is 10.1. The monoisotopic (exact) mass is 413 g/mol. The van der Waals surface area contributed by atoms with Crippen molar-refractivity contribution < 1.29 is 14.6 Å². The normalized spacial score (nSPS) is 16.6. The van der Waals surface area contributed by atoms with Crippen LogP contribution in [0.1, 0.15) is 11.1 Å². The third-order valence-corrected chi connectivity index (χ3v) is 5.48. The van der Waals surface area contributed by atoms with Gasteiger partial charge in [-0.1, -0.05) is 36.4 Å². The lowest BCUT2D eigenvalue weighted by Crippen LogP contribution is -2.43. The average molecular weight is 414 g/mol. The zero-order chi connectivity index (χ0) is 21.3. The Morgan fingerprint density at radius 2 is 1.73 bits per heavy atom. The van der Waals surface area contributed by atoms with E-state index < -0.39 is 6.10 Å². The number of rotatable bonds is 10. The zero-order valence-corrected chi connectivity index (χ0v) is 18.5. The summed E-state index contributed by atoms with van der Waals surface area (Å²) >= 11 is 0. The quantitative estimate of drug-likeness (QED) is 0.645. The molecule has 3 rings (SSSR count). The second-order valence-corrected chi connectivity index (χ2v) is 8.21. The van der Waals surface area contributed by atoms with E-state index in [-0.39, 0.29) is 6.61 Å². The van der Waals surface area contributed by atoms with Crippen molar-refractivity contribution in [2.24, 2.45) is 0 Å². The molecule has 6 heteroatoms. The van der Waals surface area contributed by atoms with Gasteiger partial charge in [-0.05, 0) is 37.4 Å². The van der Waals surface area contributed by atoms with Crippen molar-refractivity contribution >= 4 is 0 Å². The van der Waals surface area contributed by atoms with Crippen LogP contribution in [0.3, 0.4) is 0 Å². The highest BCUT2D eigenvalue weighted by Crippen LogP contribution is 2.29. The van der Waals surface area contributed by atoms with Gasteiger partial charge in [-0.25, -0.2) is 0 Å². The van der Waals surface area contributed by atoms with Gasteiger partial charge in [0.05, 0.1) is 7.11 Å². The smallest absolute Gasteiger partial charge is 0.161 e. The molecule has 1 N–H and O–H groups in total. The van der Waals surface area contributed by atoms with Crippen LogP contribution in [0.2, 0.25) is 0 Å². The van der Waals surface area contributed by atoms with E-state index in [2.05, 4.69) is 39.9 Å². The minimum atomic E-state index is -0.579. The molecule has 1 aliphatic heterocycles. The first-order chi connectivity index (χ1) is 14.5. The van der Waals surface area contributed by atoms with Gasteiger partial charge in [-0.3, -0.25) is 9.80 Å². The van der Waals surface area contributed by atoms with Crippen LogP contribution < -0.4 is 9.47 Å². The highest BCUT2D eigenvalue weighted by atomic mass is 16.5. The van der Waals surface area contributed by atoms with Gasteiger partial charge in [-0.15, -0.1) is 0 Å². The van der Waals surface area contributed by atoms with Gasteiger partial charge < -0.3 is 19.5 Å². The van der Waals surface area contributed by atoms with Gasteiger partial charge in [0, 0.05) is 45.8 Å². The fourth-order valence-corrected chi connectivity index (χ4v) is 3.75. The van der Waals surface area contributed by atoms with Crippen molar-refractivity contribution in [3.8, 4) is 11.5 Å². The maximum atomic E-state index is 10.5. The van der Waals surface area contributed by atoms with Gasteiger partial charge in [0.25, 0.3) is 0 Å². The molecule has 0 radical (unpaired) electrons. The van der Waals surface area contributed by atoms with Crippen LogP contribution in [0.15, 0.2) is 48.5 Å². The Balaban J connectivity index is 1.51. The van der Waals surface area contributed by atoms with Crippen molar-refractivity contribution in [2.45, 2.75) is 19.2 Å². The molecule has 1 fully saturated rings. The summed E-state index contributed by atoms with van der Waals surface area (Å²) in [5.41, 5.74) is 2.43. The number of aliphatic hydroxyl groups is 1. The molecule has 6 nitrogen and oxygen atoms in total. The number of aliphatic hydroxyl groups excluding tert-OH is 1. The van der Waals surface area contributed by atoms with Crippen LogP contribution in [0.5, 0.6) is 11.5 Å². The molecule has 0 saturated carbocycles. The number of benzene rings is 2. The predicted molar refractivity (Wildman–Crippen MR) is 120 cm³/mol. The third-order valence-electron chi connectivity index (χ3n) is 5.48. The van der Waals surface area contributed by atoms with Crippen LogP contribution in [-0.2, 0) is 13.1 Å². The summed E-state index contributed by atoms with van der Waals surface area (Å²) in [5, 5.41) is 10.5. The number of ether oxygens (including phenoxy) is 2. The Bertz CT molecular complexity index is 764. The van der Waals surface area contributed by atoms with Crippen molar-refractivity contribution in [3.63, 3.8) is 0 Å². The van der Waals surface area contributed by atoms with E-state index >= 15 is 0 Å². The summed E-state index contributed by atoms with van der Waals surface area (Å²) in [7, 11) is 5.82. The van der Waals surface area contributed by atoms with Crippen LogP contribution in [0, 0.1) is 0 Å².